The Balaban J connectivity index is 1.55. The summed E-state index contributed by atoms with van der Waals surface area (Å²) in [6, 6.07) is 13.4. The Bertz CT molecular complexity index is 879. The number of hydrogen-bond donors (Lipinski definition) is 1. The van der Waals surface area contributed by atoms with Crippen LogP contribution in [-0.4, -0.2) is 29.8 Å². The molecule has 0 fully saturated rings. The van der Waals surface area contributed by atoms with Crippen molar-refractivity contribution in [2.24, 2.45) is 5.10 Å². The standard InChI is InChI=1S/C18H15N3O5/c22-18(17-12-25-15-9-3-4-10-16(15)26-17)20-19-11-5-7-13-6-1-2-8-14(13)21(23)24/h1-11,17H,12H2,(H,20,22). The van der Waals surface area contributed by atoms with Crippen LogP contribution in [0.25, 0.3) is 6.08 Å². The molecule has 2 aromatic carbocycles. The molecular weight excluding hydrogens is 338 g/mol. The smallest absolute Gasteiger partial charge is 0.284 e. The van der Waals surface area contributed by atoms with Crippen LogP contribution in [0.15, 0.2) is 59.7 Å². The van der Waals surface area contributed by atoms with Crippen molar-refractivity contribution in [3.05, 3.63) is 70.3 Å². The first-order valence-corrected chi connectivity index (χ1v) is 7.76. The molecule has 0 aliphatic carbocycles. The van der Waals surface area contributed by atoms with Crippen molar-refractivity contribution < 1.29 is 19.2 Å². The number of para-hydroxylation sites is 3. The summed E-state index contributed by atoms with van der Waals surface area (Å²) >= 11 is 0. The number of nitrogens with zero attached hydrogens (tertiary/aromatic N) is 2. The van der Waals surface area contributed by atoms with E-state index in [1.54, 1.807) is 36.4 Å². The van der Waals surface area contributed by atoms with Gasteiger partial charge in [-0.1, -0.05) is 24.3 Å². The van der Waals surface area contributed by atoms with E-state index in [0.29, 0.717) is 17.1 Å². The number of amides is 1. The first-order valence-electron chi connectivity index (χ1n) is 7.76. The van der Waals surface area contributed by atoms with E-state index < -0.39 is 16.9 Å². The molecule has 0 radical (unpaired) electrons. The molecule has 1 heterocycles. The Labute approximate surface area is 148 Å². The van der Waals surface area contributed by atoms with Gasteiger partial charge in [0.05, 0.1) is 10.5 Å². The van der Waals surface area contributed by atoms with Gasteiger partial charge in [0.15, 0.2) is 11.5 Å². The molecular formula is C18H15N3O5. The average molecular weight is 353 g/mol. The number of rotatable bonds is 5. The summed E-state index contributed by atoms with van der Waals surface area (Å²) in [4.78, 5) is 22.5. The number of ether oxygens (including phenoxy) is 2. The Morgan fingerprint density at radius 2 is 1.92 bits per heavy atom. The van der Waals surface area contributed by atoms with Gasteiger partial charge in [-0.05, 0) is 30.4 Å². The molecule has 3 rings (SSSR count). The third-order valence-corrected chi connectivity index (χ3v) is 3.55. The minimum Gasteiger partial charge on any atom is -0.485 e. The zero-order valence-electron chi connectivity index (χ0n) is 13.6. The van der Waals surface area contributed by atoms with Gasteiger partial charge in [-0.25, -0.2) is 5.43 Å². The molecule has 1 unspecified atom stereocenters. The van der Waals surface area contributed by atoms with Crippen LogP contribution in [0.1, 0.15) is 5.56 Å². The second-order valence-corrected chi connectivity index (χ2v) is 5.29. The number of benzene rings is 2. The number of fused-ring (bicyclic) bond motifs is 1. The summed E-state index contributed by atoms with van der Waals surface area (Å²) in [5.74, 6) is 0.640. The van der Waals surface area contributed by atoms with E-state index >= 15 is 0 Å². The molecule has 1 aliphatic rings. The van der Waals surface area contributed by atoms with Gasteiger partial charge < -0.3 is 9.47 Å². The molecule has 132 valence electrons. The molecule has 0 aromatic heterocycles. The van der Waals surface area contributed by atoms with Crippen molar-refractivity contribution in [3.8, 4) is 11.5 Å². The van der Waals surface area contributed by atoms with E-state index in [-0.39, 0.29) is 12.3 Å². The summed E-state index contributed by atoms with van der Waals surface area (Å²) in [6.07, 6.45) is 3.55. The minimum absolute atomic E-state index is 0.00685. The molecule has 8 nitrogen and oxygen atoms in total. The predicted octanol–water partition coefficient (Wildman–Crippen LogP) is 2.55. The van der Waals surface area contributed by atoms with Crippen molar-refractivity contribution in [2.75, 3.05) is 6.61 Å². The molecule has 0 bridgehead atoms. The van der Waals surface area contributed by atoms with E-state index in [9.17, 15) is 14.9 Å². The Morgan fingerprint density at radius 3 is 2.73 bits per heavy atom. The molecule has 1 amide bonds. The third-order valence-electron chi connectivity index (χ3n) is 3.55. The van der Waals surface area contributed by atoms with E-state index in [0.717, 1.165) is 0 Å². The number of hydrazone groups is 1. The lowest BCUT2D eigenvalue weighted by molar-refractivity contribution is -0.385. The van der Waals surface area contributed by atoms with Crippen LogP contribution in [0.3, 0.4) is 0 Å². The van der Waals surface area contributed by atoms with E-state index in [2.05, 4.69) is 10.5 Å². The van der Waals surface area contributed by atoms with Crippen molar-refractivity contribution in [3.63, 3.8) is 0 Å². The predicted molar refractivity (Wildman–Crippen MR) is 95.1 cm³/mol. The van der Waals surface area contributed by atoms with Crippen molar-refractivity contribution in [2.45, 2.75) is 6.10 Å². The highest BCUT2D eigenvalue weighted by molar-refractivity contribution is 5.84. The van der Waals surface area contributed by atoms with Gasteiger partial charge >= 0.3 is 0 Å². The van der Waals surface area contributed by atoms with Crippen LogP contribution in [-0.2, 0) is 4.79 Å². The van der Waals surface area contributed by atoms with Crippen LogP contribution >= 0.6 is 0 Å². The Kier molecular flexibility index (Phi) is 5.23. The normalized spacial score (nSPS) is 15.9. The Morgan fingerprint density at radius 1 is 1.19 bits per heavy atom. The second-order valence-electron chi connectivity index (χ2n) is 5.29. The van der Waals surface area contributed by atoms with E-state index in [4.69, 9.17) is 9.47 Å². The van der Waals surface area contributed by atoms with Crippen molar-refractivity contribution in [1.82, 2.24) is 5.43 Å². The lowest BCUT2D eigenvalue weighted by Crippen LogP contribution is -2.42. The molecule has 2 aromatic rings. The average Bonchev–Trinajstić information content (AvgIpc) is 2.67. The summed E-state index contributed by atoms with van der Waals surface area (Å²) in [6.45, 7) is 0.0877. The highest BCUT2D eigenvalue weighted by atomic mass is 16.6. The minimum atomic E-state index is -0.804. The van der Waals surface area contributed by atoms with Gasteiger partial charge in [0, 0.05) is 12.3 Å². The molecule has 1 N–H and O–H groups in total. The van der Waals surface area contributed by atoms with Gasteiger partial charge in [0.2, 0.25) is 6.10 Å². The fraction of sp³-hybridized carbons (Fsp3) is 0.111. The van der Waals surface area contributed by atoms with Gasteiger partial charge in [-0.2, -0.15) is 5.10 Å². The SMILES string of the molecule is O=C(NN=CC=Cc1ccccc1[N+](=O)[O-])C1COc2ccccc2O1. The summed E-state index contributed by atoms with van der Waals surface area (Å²) in [5.41, 5.74) is 2.78. The number of nitro groups is 1. The van der Waals surface area contributed by atoms with Crippen LogP contribution in [0.2, 0.25) is 0 Å². The quantitative estimate of drug-likeness (QED) is 0.505. The number of allylic oxidation sites excluding steroid dienone is 1. The third kappa shape index (κ3) is 4.04. The highest BCUT2D eigenvalue weighted by Crippen LogP contribution is 2.30. The number of carbonyl (C=O) groups is 1. The van der Waals surface area contributed by atoms with Crippen LogP contribution in [0.4, 0.5) is 5.69 Å². The topological polar surface area (TPSA) is 103 Å². The largest absolute Gasteiger partial charge is 0.485 e. The molecule has 0 spiro atoms. The van der Waals surface area contributed by atoms with Crippen LogP contribution in [0, 0.1) is 10.1 Å². The fourth-order valence-corrected chi connectivity index (χ4v) is 2.31. The fourth-order valence-electron chi connectivity index (χ4n) is 2.31. The summed E-state index contributed by atoms with van der Waals surface area (Å²) in [5, 5.41) is 14.7. The van der Waals surface area contributed by atoms with Gasteiger partial charge in [0.25, 0.3) is 11.6 Å². The monoisotopic (exact) mass is 353 g/mol. The lowest BCUT2D eigenvalue weighted by atomic mass is 10.2. The second kappa shape index (κ2) is 7.93. The zero-order valence-corrected chi connectivity index (χ0v) is 13.6. The maximum absolute atomic E-state index is 12.0. The van der Waals surface area contributed by atoms with Crippen LogP contribution < -0.4 is 14.9 Å². The summed E-state index contributed by atoms with van der Waals surface area (Å²) < 4.78 is 11.0. The summed E-state index contributed by atoms with van der Waals surface area (Å²) in [7, 11) is 0. The molecule has 8 heteroatoms. The van der Waals surface area contributed by atoms with Crippen LogP contribution in [0.5, 0.6) is 11.5 Å². The van der Waals surface area contributed by atoms with Gasteiger partial charge in [-0.3, -0.25) is 14.9 Å². The van der Waals surface area contributed by atoms with Crippen molar-refractivity contribution in [1.29, 1.82) is 0 Å². The maximum Gasteiger partial charge on any atom is 0.284 e. The Hall–Kier alpha value is -3.68. The highest BCUT2D eigenvalue weighted by Gasteiger charge is 2.26. The number of nitro benzene ring substituents is 1. The van der Waals surface area contributed by atoms with E-state index in [1.807, 2.05) is 6.07 Å². The molecule has 1 aliphatic heterocycles. The van der Waals surface area contributed by atoms with Crippen molar-refractivity contribution >= 4 is 23.9 Å². The molecule has 1 atom stereocenters. The van der Waals surface area contributed by atoms with Gasteiger partial charge in [0.1, 0.15) is 6.61 Å². The molecule has 0 saturated carbocycles. The number of nitrogens with one attached hydrogen (secondary N) is 1. The first-order chi connectivity index (χ1) is 12.6. The molecule has 26 heavy (non-hydrogen) atoms. The zero-order chi connectivity index (χ0) is 18.4. The maximum atomic E-state index is 12.0. The first kappa shape index (κ1) is 17.2. The lowest BCUT2D eigenvalue weighted by Gasteiger charge is -2.24. The van der Waals surface area contributed by atoms with Gasteiger partial charge in [-0.15, -0.1) is 0 Å². The number of carbonyl (C=O) groups excluding carboxylic acids is 1. The number of hydrogen-bond acceptors (Lipinski definition) is 6. The van der Waals surface area contributed by atoms with E-state index in [1.165, 1.54) is 24.4 Å². The molecule has 0 saturated heterocycles.